The van der Waals surface area contributed by atoms with Crippen LogP contribution in [0.1, 0.15) is 38.8 Å². The number of alkyl halides is 1. The van der Waals surface area contributed by atoms with Gasteiger partial charge in [0.1, 0.15) is 24.2 Å². The smallest absolute Gasteiger partial charge is 0.303 e. The Balaban J connectivity index is 1.66. The highest BCUT2D eigenvalue weighted by molar-refractivity contribution is 6.32. The van der Waals surface area contributed by atoms with Gasteiger partial charge < -0.3 is 18.8 Å². The molecule has 3 aromatic rings. The third-order valence-corrected chi connectivity index (χ3v) is 6.78. The summed E-state index contributed by atoms with van der Waals surface area (Å²) in [6, 6.07) is 11.5. The van der Waals surface area contributed by atoms with E-state index in [-0.39, 0.29) is 17.9 Å². The van der Waals surface area contributed by atoms with E-state index in [9.17, 15) is 4.79 Å². The number of ether oxygens (including phenoxy) is 3. The molecule has 2 atom stereocenters. The van der Waals surface area contributed by atoms with Gasteiger partial charge in [-0.3, -0.25) is 4.79 Å². The summed E-state index contributed by atoms with van der Waals surface area (Å²) in [4.78, 5) is 15.2. The number of carbonyl (C=O) groups excluding carboxylic acids is 1. The Morgan fingerprint density at radius 2 is 1.61 bits per heavy atom. The highest BCUT2D eigenvalue weighted by Gasteiger charge is 2.25. The maximum atomic E-state index is 11.2. The molecule has 0 N–H and O–H groups in total. The number of hydrogen-bond acceptors (Lipinski definition) is 5. The summed E-state index contributed by atoms with van der Waals surface area (Å²) in [6.07, 6.45) is 4.95. The molecule has 0 aliphatic rings. The molecule has 6 nitrogen and oxygen atoms in total. The lowest BCUT2D eigenvalue weighted by Crippen LogP contribution is -2.25. The average Bonchev–Trinajstić information content (AvgIpc) is 3.34. The Kier molecular flexibility index (Phi) is 9.94. The molecule has 0 saturated carbocycles. The third kappa shape index (κ3) is 7.55. The largest absolute Gasteiger partial charge is 0.492 e. The van der Waals surface area contributed by atoms with E-state index in [4.69, 9.17) is 49.0 Å². The van der Waals surface area contributed by atoms with Crippen LogP contribution in [0.4, 0.5) is 0 Å². The van der Waals surface area contributed by atoms with E-state index in [1.54, 1.807) is 18.6 Å². The van der Waals surface area contributed by atoms with E-state index in [0.717, 1.165) is 17.7 Å². The number of hydrogen-bond donors (Lipinski definition) is 0. The Morgan fingerprint density at radius 3 is 2.08 bits per heavy atom. The van der Waals surface area contributed by atoms with Gasteiger partial charge in [0.15, 0.2) is 0 Å². The first-order chi connectivity index (χ1) is 17.1. The molecule has 0 spiro atoms. The van der Waals surface area contributed by atoms with Crippen molar-refractivity contribution in [3.05, 3.63) is 76.3 Å². The molecular formula is C27H31Cl3N2O4. The van der Waals surface area contributed by atoms with Gasteiger partial charge in [-0.15, -0.1) is 11.6 Å². The summed E-state index contributed by atoms with van der Waals surface area (Å²) in [5.74, 6) is 1.16. The molecule has 3 rings (SSSR count). The Hall–Kier alpha value is -2.41. The van der Waals surface area contributed by atoms with Gasteiger partial charge in [0.05, 0.1) is 28.9 Å². The molecule has 1 aromatic heterocycles. The van der Waals surface area contributed by atoms with Crippen molar-refractivity contribution in [1.82, 2.24) is 9.55 Å². The zero-order chi connectivity index (χ0) is 26.3. The summed E-state index contributed by atoms with van der Waals surface area (Å²) in [7, 11) is 0. The topological polar surface area (TPSA) is 62.6 Å². The molecule has 2 aromatic carbocycles. The van der Waals surface area contributed by atoms with Gasteiger partial charge in [0, 0.05) is 37.2 Å². The third-order valence-electron chi connectivity index (χ3n) is 5.84. The lowest BCUT2D eigenvalue weighted by atomic mass is 9.78. The van der Waals surface area contributed by atoms with Crippen LogP contribution in [0, 0.1) is 5.92 Å². The van der Waals surface area contributed by atoms with Crippen molar-refractivity contribution in [2.24, 2.45) is 5.92 Å². The first-order valence-corrected chi connectivity index (χ1v) is 12.9. The standard InChI is InChI=1S/C27H31Cl3N2O4/c1-18(14-32-10-9-31-17-32)15-34-25-7-5-20(11-23(25)29)27(3,4)21-6-8-26(24(30)12-21)35-16-22(13-28)36-19(2)33/h5-12,17-18,22H,13-16H2,1-4H3. The summed E-state index contributed by atoms with van der Waals surface area (Å²) in [5, 5.41) is 1.01. The zero-order valence-electron chi connectivity index (χ0n) is 20.8. The van der Waals surface area contributed by atoms with Gasteiger partial charge >= 0.3 is 5.97 Å². The van der Waals surface area contributed by atoms with Crippen molar-refractivity contribution in [2.45, 2.75) is 45.8 Å². The Morgan fingerprint density at radius 1 is 1.03 bits per heavy atom. The zero-order valence-corrected chi connectivity index (χ0v) is 23.1. The van der Waals surface area contributed by atoms with E-state index < -0.39 is 12.1 Å². The van der Waals surface area contributed by atoms with E-state index in [1.165, 1.54) is 6.92 Å². The van der Waals surface area contributed by atoms with Crippen LogP contribution in [0.3, 0.4) is 0 Å². The van der Waals surface area contributed by atoms with Crippen LogP contribution in [0.5, 0.6) is 11.5 Å². The van der Waals surface area contributed by atoms with Crippen LogP contribution in [0.25, 0.3) is 0 Å². The van der Waals surface area contributed by atoms with Gasteiger partial charge in [-0.2, -0.15) is 0 Å². The summed E-state index contributed by atoms with van der Waals surface area (Å²) < 4.78 is 18.9. The van der Waals surface area contributed by atoms with Gasteiger partial charge in [-0.1, -0.05) is 56.1 Å². The summed E-state index contributed by atoms with van der Waals surface area (Å²) in [6.45, 7) is 9.13. The minimum Gasteiger partial charge on any atom is -0.492 e. The monoisotopic (exact) mass is 552 g/mol. The maximum Gasteiger partial charge on any atom is 0.303 e. The molecule has 194 valence electrons. The number of imidazole rings is 1. The second-order valence-corrected chi connectivity index (χ2v) is 10.4. The van der Waals surface area contributed by atoms with Crippen LogP contribution in [0.2, 0.25) is 10.0 Å². The van der Waals surface area contributed by atoms with E-state index in [2.05, 4.69) is 25.8 Å². The normalized spacial score (nSPS) is 13.2. The predicted octanol–water partition coefficient (Wildman–Crippen LogP) is 6.78. The van der Waals surface area contributed by atoms with Crippen LogP contribution in [0.15, 0.2) is 55.1 Å². The molecule has 0 amide bonds. The minimum absolute atomic E-state index is 0.115. The predicted molar refractivity (Wildman–Crippen MR) is 144 cm³/mol. The van der Waals surface area contributed by atoms with Gasteiger partial charge in [-0.25, -0.2) is 4.98 Å². The Bertz CT molecular complexity index is 1150. The molecule has 9 heteroatoms. The molecular weight excluding hydrogens is 523 g/mol. The van der Waals surface area contributed by atoms with Crippen LogP contribution in [-0.4, -0.2) is 40.7 Å². The quantitative estimate of drug-likeness (QED) is 0.183. The molecule has 0 fully saturated rings. The number of rotatable bonds is 12. The highest BCUT2D eigenvalue weighted by Crippen LogP contribution is 2.38. The molecule has 0 bridgehead atoms. The van der Waals surface area contributed by atoms with Crippen molar-refractivity contribution >= 4 is 40.8 Å². The van der Waals surface area contributed by atoms with Crippen LogP contribution in [-0.2, 0) is 21.5 Å². The van der Waals surface area contributed by atoms with E-state index in [0.29, 0.717) is 34.1 Å². The highest BCUT2D eigenvalue weighted by atomic mass is 35.5. The SMILES string of the molecule is CC(=O)OC(CCl)COc1ccc(C(C)(C)c2ccc(OCC(C)Cn3ccnc3)c(Cl)c2)cc1Cl. The number of nitrogens with zero attached hydrogens (tertiary/aromatic N) is 2. The molecule has 0 saturated heterocycles. The first kappa shape index (κ1) is 28.2. The minimum atomic E-state index is -0.548. The second-order valence-electron chi connectivity index (χ2n) is 9.29. The van der Waals surface area contributed by atoms with Gasteiger partial charge in [0.2, 0.25) is 0 Å². The molecule has 2 unspecified atom stereocenters. The van der Waals surface area contributed by atoms with E-state index >= 15 is 0 Å². The lowest BCUT2D eigenvalue weighted by Gasteiger charge is -2.27. The van der Waals surface area contributed by atoms with Crippen LogP contribution < -0.4 is 9.47 Å². The molecule has 0 aliphatic carbocycles. The van der Waals surface area contributed by atoms with Gasteiger partial charge in [0.25, 0.3) is 0 Å². The first-order valence-electron chi connectivity index (χ1n) is 11.6. The van der Waals surface area contributed by atoms with Gasteiger partial charge in [-0.05, 0) is 35.4 Å². The molecule has 36 heavy (non-hydrogen) atoms. The Labute approximate surface area is 227 Å². The molecule has 1 heterocycles. The average molecular weight is 554 g/mol. The number of halogens is 3. The fourth-order valence-electron chi connectivity index (χ4n) is 3.75. The number of esters is 1. The number of aromatic nitrogens is 2. The fraction of sp³-hybridized carbons (Fsp3) is 0.407. The number of benzene rings is 2. The van der Waals surface area contributed by atoms with Crippen molar-refractivity contribution in [2.75, 3.05) is 19.1 Å². The maximum absolute atomic E-state index is 11.2. The van der Waals surface area contributed by atoms with Crippen molar-refractivity contribution < 1.29 is 19.0 Å². The summed E-state index contributed by atoms with van der Waals surface area (Å²) >= 11 is 19.0. The lowest BCUT2D eigenvalue weighted by molar-refractivity contribution is -0.146. The van der Waals surface area contributed by atoms with Crippen LogP contribution >= 0.6 is 34.8 Å². The fourth-order valence-corrected chi connectivity index (χ4v) is 4.37. The van der Waals surface area contributed by atoms with Crippen molar-refractivity contribution in [1.29, 1.82) is 0 Å². The molecule has 0 radical (unpaired) electrons. The van der Waals surface area contributed by atoms with Crippen molar-refractivity contribution in [3.63, 3.8) is 0 Å². The molecule has 0 aliphatic heterocycles. The van der Waals surface area contributed by atoms with Crippen molar-refractivity contribution in [3.8, 4) is 11.5 Å². The number of carbonyl (C=O) groups is 1. The second kappa shape index (κ2) is 12.7. The van der Waals surface area contributed by atoms with E-state index in [1.807, 2.05) is 41.1 Å². The summed E-state index contributed by atoms with van der Waals surface area (Å²) in [5.41, 5.74) is 1.63.